The van der Waals surface area contributed by atoms with Crippen molar-refractivity contribution >= 4 is 38.5 Å². The highest BCUT2D eigenvalue weighted by Crippen LogP contribution is 2.47. The van der Waals surface area contributed by atoms with Crippen LogP contribution in [0.25, 0.3) is 0 Å². The van der Waals surface area contributed by atoms with E-state index in [1.807, 2.05) is 44.4 Å². The number of aromatic nitrogens is 2. The quantitative estimate of drug-likeness (QED) is 0.551. The molecule has 134 valence electrons. The van der Waals surface area contributed by atoms with E-state index in [2.05, 4.69) is 30.3 Å². The molecular formula is C19H24N2OS3. The molecule has 0 saturated heterocycles. The molecule has 0 amide bonds. The Hall–Kier alpha value is -0.850. The minimum absolute atomic E-state index is 0.105. The summed E-state index contributed by atoms with van der Waals surface area (Å²) in [6.45, 7) is 2.11. The summed E-state index contributed by atoms with van der Waals surface area (Å²) in [5.41, 5.74) is 2.24. The van der Waals surface area contributed by atoms with E-state index in [-0.39, 0.29) is 11.2 Å². The molecule has 25 heavy (non-hydrogen) atoms. The second-order valence-corrected chi connectivity index (χ2v) is 10.1. The normalized spacial score (nSPS) is 17.0. The van der Waals surface area contributed by atoms with E-state index in [4.69, 9.17) is 0 Å². The van der Waals surface area contributed by atoms with Crippen LogP contribution in [0.1, 0.15) is 48.3 Å². The SMILES string of the molecule is CSSCC1(CSC(=O)c2cncn2C(C)c2ccccc2)CCC1. The van der Waals surface area contributed by atoms with Gasteiger partial charge in [-0.2, -0.15) is 0 Å². The predicted molar refractivity (Wildman–Crippen MR) is 112 cm³/mol. The van der Waals surface area contributed by atoms with Crippen molar-refractivity contribution in [2.24, 2.45) is 5.41 Å². The van der Waals surface area contributed by atoms with Gasteiger partial charge in [0.2, 0.25) is 5.12 Å². The summed E-state index contributed by atoms with van der Waals surface area (Å²) >= 11 is 1.47. The largest absolute Gasteiger partial charge is 0.320 e. The lowest BCUT2D eigenvalue weighted by atomic mass is 9.72. The van der Waals surface area contributed by atoms with Gasteiger partial charge in [-0.25, -0.2) is 4.98 Å². The molecule has 1 heterocycles. The Kier molecular flexibility index (Phi) is 6.58. The van der Waals surface area contributed by atoms with Gasteiger partial charge in [-0.3, -0.25) is 4.79 Å². The molecular weight excluding hydrogens is 368 g/mol. The fraction of sp³-hybridized carbons (Fsp3) is 0.474. The molecule has 1 atom stereocenters. The van der Waals surface area contributed by atoms with Crippen molar-refractivity contribution in [3.05, 3.63) is 54.1 Å². The Morgan fingerprint density at radius 2 is 2.04 bits per heavy atom. The van der Waals surface area contributed by atoms with Crippen LogP contribution in [0.2, 0.25) is 0 Å². The highest BCUT2D eigenvalue weighted by molar-refractivity contribution is 8.76. The lowest BCUT2D eigenvalue weighted by Crippen LogP contribution is -2.35. The van der Waals surface area contributed by atoms with Gasteiger partial charge in [0.05, 0.1) is 18.6 Å². The zero-order valence-electron chi connectivity index (χ0n) is 14.7. The van der Waals surface area contributed by atoms with Gasteiger partial charge in [-0.05, 0) is 37.0 Å². The number of nitrogens with zero attached hydrogens (tertiary/aromatic N) is 2. The monoisotopic (exact) mass is 392 g/mol. The Morgan fingerprint density at radius 3 is 2.68 bits per heavy atom. The average Bonchev–Trinajstić information content (AvgIpc) is 3.10. The maximum Gasteiger partial charge on any atom is 0.237 e. The topological polar surface area (TPSA) is 34.9 Å². The number of thioether (sulfide) groups is 1. The van der Waals surface area contributed by atoms with Gasteiger partial charge >= 0.3 is 0 Å². The minimum Gasteiger partial charge on any atom is -0.320 e. The van der Waals surface area contributed by atoms with Crippen molar-refractivity contribution < 1.29 is 4.79 Å². The third kappa shape index (κ3) is 4.47. The molecule has 1 aliphatic carbocycles. The Labute approximate surface area is 162 Å². The van der Waals surface area contributed by atoms with Crippen molar-refractivity contribution in [2.45, 2.75) is 32.2 Å². The Morgan fingerprint density at radius 1 is 1.28 bits per heavy atom. The van der Waals surface area contributed by atoms with Crippen LogP contribution in [0, 0.1) is 5.41 Å². The molecule has 1 fully saturated rings. The first kappa shape index (κ1) is 18.9. The first-order chi connectivity index (χ1) is 12.2. The second-order valence-electron chi connectivity index (χ2n) is 6.63. The number of hydrogen-bond donors (Lipinski definition) is 0. The molecule has 1 saturated carbocycles. The van der Waals surface area contributed by atoms with Crippen molar-refractivity contribution in [2.75, 3.05) is 17.8 Å². The van der Waals surface area contributed by atoms with Crippen LogP contribution in [0.5, 0.6) is 0 Å². The smallest absolute Gasteiger partial charge is 0.237 e. The average molecular weight is 393 g/mol. The number of hydrogen-bond acceptors (Lipinski definition) is 5. The summed E-state index contributed by atoms with van der Waals surface area (Å²) in [6.07, 6.45) is 9.40. The minimum atomic E-state index is 0.105. The molecule has 1 unspecified atom stereocenters. The molecule has 0 spiro atoms. The molecule has 0 N–H and O–H groups in total. The van der Waals surface area contributed by atoms with E-state index in [9.17, 15) is 4.79 Å². The van der Waals surface area contributed by atoms with Gasteiger partial charge < -0.3 is 4.57 Å². The number of benzene rings is 1. The number of rotatable bonds is 8. The molecule has 1 aromatic heterocycles. The lowest BCUT2D eigenvalue weighted by molar-refractivity contribution is 0.107. The van der Waals surface area contributed by atoms with Gasteiger partial charge in [0.25, 0.3) is 0 Å². The first-order valence-corrected chi connectivity index (χ1v) is 12.3. The van der Waals surface area contributed by atoms with Crippen LogP contribution in [0.15, 0.2) is 42.9 Å². The van der Waals surface area contributed by atoms with Crippen molar-refractivity contribution in [1.29, 1.82) is 0 Å². The van der Waals surface area contributed by atoms with Gasteiger partial charge in [0.1, 0.15) is 5.69 Å². The van der Waals surface area contributed by atoms with E-state index >= 15 is 0 Å². The van der Waals surface area contributed by atoms with Crippen LogP contribution in [-0.2, 0) is 0 Å². The van der Waals surface area contributed by atoms with Crippen LogP contribution in [0.3, 0.4) is 0 Å². The van der Waals surface area contributed by atoms with Crippen LogP contribution < -0.4 is 0 Å². The molecule has 6 heteroatoms. The van der Waals surface area contributed by atoms with Crippen molar-refractivity contribution in [1.82, 2.24) is 9.55 Å². The summed E-state index contributed by atoms with van der Waals surface area (Å²) in [6, 6.07) is 10.4. The lowest BCUT2D eigenvalue weighted by Gasteiger charge is -2.41. The van der Waals surface area contributed by atoms with Crippen LogP contribution in [-0.4, -0.2) is 32.4 Å². The van der Waals surface area contributed by atoms with Gasteiger partial charge in [-0.15, -0.1) is 0 Å². The predicted octanol–water partition coefficient (Wildman–Crippen LogP) is 5.55. The summed E-state index contributed by atoms with van der Waals surface area (Å²) < 4.78 is 1.99. The molecule has 2 aromatic rings. The highest BCUT2D eigenvalue weighted by Gasteiger charge is 2.37. The van der Waals surface area contributed by atoms with Crippen LogP contribution in [0.4, 0.5) is 0 Å². The van der Waals surface area contributed by atoms with E-state index in [0.29, 0.717) is 11.1 Å². The second kappa shape index (κ2) is 8.69. The highest BCUT2D eigenvalue weighted by atomic mass is 33.1. The van der Waals surface area contributed by atoms with E-state index < -0.39 is 0 Å². The number of carbonyl (C=O) groups is 1. The molecule has 0 radical (unpaired) electrons. The van der Waals surface area contributed by atoms with Crippen LogP contribution >= 0.6 is 33.3 Å². The standard InChI is InChI=1S/C19H24N2OS3/c1-15(16-7-4-3-5-8-16)21-14-20-11-17(21)18(22)24-12-19(9-6-10-19)13-25-23-2/h3-5,7-8,11,14-15H,6,9-10,12-13H2,1-2H3. The summed E-state index contributed by atoms with van der Waals surface area (Å²) in [7, 11) is 3.74. The zero-order valence-corrected chi connectivity index (χ0v) is 17.1. The third-order valence-electron chi connectivity index (χ3n) is 4.98. The molecule has 0 bridgehead atoms. The van der Waals surface area contributed by atoms with Crippen molar-refractivity contribution in [3.63, 3.8) is 0 Å². The van der Waals surface area contributed by atoms with Gasteiger partial charge in [0.15, 0.2) is 0 Å². The fourth-order valence-electron chi connectivity index (χ4n) is 3.15. The van der Waals surface area contributed by atoms with E-state index in [1.165, 1.54) is 36.6 Å². The number of imidazole rings is 1. The van der Waals surface area contributed by atoms with Crippen molar-refractivity contribution in [3.8, 4) is 0 Å². The molecule has 0 aliphatic heterocycles. The van der Waals surface area contributed by atoms with E-state index in [0.717, 1.165) is 11.5 Å². The molecule has 1 aromatic carbocycles. The number of carbonyl (C=O) groups excluding carboxylic acids is 1. The Bertz CT molecular complexity index is 698. The third-order valence-corrected chi connectivity index (χ3v) is 8.24. The van der Waals surface area contributed by atoms with Gasteiger partial charge in [0, 0.05) is 11.5 Å². The molecule has 1 aliphatic rings. The van der Waals surface area contributed by atoms with E-state index in [1.54, 1.807) is 12.5 Å². The summed E-state index contributed by atoms with van der Waals surface area (Å²) in [4.78, 5) is 17.1. The zero-order chi connectivity index (χ0) is 17.7. The molecule has 3 nitrogen and oxygen atoms in total. The molecule has 3 rings (SSSR count). The first-order valence-electron chi connectivity index (χ1n) is 8.55. The Balaban J connectivity index is 1.66. The summed E-state index contributed by atoms with van der Waals surface area (Å²) in [5, 5.41) is 0.140. The maximum atomic E-state index is 12.8. The summed E-state index contributed by atoms with van der Waals surface area (Å²) in [5.74, 6) is 2.07. The fourth-order valence-corrected chi connectivity index (χ4v) is 6.27. The maximum absolute atomic E-state index is 12.8. The van der Waals surface area contributed by atoms with Gasteiger partial charge in [-0.1, -0.05) is 70.1 Å².